The molecule has 0 atom stereocenters. The number of alkyl halides is 6. The molecule has 1 N–H and O–H groups in total. The zero-order valence-electron chi connectivity index (χ0n) is 12.2. The van der Waals surface area contributed by atoms with Crippen LogP contribution in [0.5, 0.6) is 0 Å². The first-order valence-electron chi connectivity index (χ1n) is 6.61. The van der Waals surface area contributed by atoms with Gasteiger partial charge in [0.1, 0.15) is 0 Å². The molecular weight excluding hydrogens is 356 g/mol. The summed E-state index contributed by atoms with van der Waals surface area (Å²) in [6.45, 7) is -0.836. The predicted molar refractivity (Wildman–Crippen MR) is 71.9 cm³/mol. The van der Waals surface area contributed by atoms with Gasteiger partial charge in [-0.25, -0.2) is 4.79 Å². The number of carbonyl (C=O) groups is 2. The van der Waals surface area contributed by atoms with E-state index in [4.69, 9.17) is 0 Å². The third kappa shape index (κ3) is 4.61. The summed E-state index contributed by atoms with van der Waals surface area (Å²) in [5.74, 6) is -2.17. The van der Waals surface area contributed by atoms with Gasteiger partial charge in [-0.1, -0.05) is 0 Å². The van der Waals surface area contributed by atoms with Crippen LogP contribution in [0, 0.1) is 0 Å². The number of nitrogens with one attached hydrogen (secondary N) is 1. The summed E-state index contributed by atoms with van der Waals surface area (Å²) in [5.41, 5.74) is -4.18. The Morgan fingerprint density at radius 1 is 0.960 bits per heavy atom. The third-order valence-electron chi connectivity index (χ3n) is 3.06. The van der Waals surface area contributed by atoms with Gasteiger partial charge >= 0.3 is 18.3 Å². The third-order valence-corrected chi connectivity index (χ3v) is 3.06. The zero-order valence-corrected chi connectivity index (χ0v) is 12.2. The Morgan fingerprint density at radius 3 is 1.96 bits per heavy atom. The van der Waals surface area contributed by atoms with Crippen molar-refractivity contribution in [2.45, 2.75) is 12.4 Å². The van der Waals surface area contributed by atoms with Gasteiger partial charge < -0.3 is 9.72 Å². The van der Waals surface area contributed by atoms with Crippen LogP contribution in [0.15, 0.2) is 36.5 Å². The van der Waals surface area contributed by atoms with Crippen molar-refractivity contribution in [3.05, 3.63) is 58.9 Å². The molecule has 1 aromatic carbocycles. The fourth-order valence-electron chi connectivity index (χ4n) is 1.87. The molecule has 0 bridgehead atoms. The maximum absolute atomic E-state index is 12.7. The number of ether oxygens (including phenoxy) is 1. The van der Waals surface area contributed by atoms with Gasteiger partial charge in [0.25, 0.3) is 0 Å². The Morgan fingerprint density at radius 2 is 1.52 bits per heavy atom. The van der Waals surface area contributed by atoms with Crippen molar-refractivity contribution in [1.29, 1.82) is 0 Å². The van der Waals surface area contributed by atoms with E-state index in [1.54, 1.807) is 0 Å². The average Bonchev–Trinajstić information content (AvgIpc) is 3.04. The number of esters is 1. The second kappa shape index (κ2) is 6.61. The second-order valence-corrected chi connectivity index (χ2v) is 4.88. The highest BCUT2D eigenvalue weighted by atomic mass is 19.4. The Balaban J connectivity index is 2.24. The van der Waals surface area contributed by atoms with E-state index in [1.165, 1.54) is 18.3 Å². The number of rotatable bonds is 4. The number of aromatic amines is 1. The lowest BCUT2D eigenvalue weighted by Crippen LogP contribution is -2.17. The number of halogens is 6. The number of aromatic nitrogens is 1. The van der Waals surface area contributed by atoms with Crippen LogP contribution in [-0.4, -0.2) is 23.3 Å². The molecule has 0 saturated heterocycles. The number of ketones is 1. The van der Waals surface area contributed by atoms with Gasteiger partial charge in [-0.15, -0.1) is 0 Å². The first-order chi connectivity index (χ1) is 11.5. The van der Waals surface area contributed by atoms with E-state index < -0.39 is 47.4 Å². The quantitative estimate of drug-likeness (QED) is 0.504. The van der Waals surface area contributed by atoms with Crippen molar-refractivity contribution in [2.75, 3.05) is 6.61 Å². The standard InChI is InChI=1S/C15H9F6NO3/c16-14(17,18)9-4-8(5-10(6-9)15(19,20)21)13(24)25-7-12(23)11-2-1-3-22-11/h1-6,22H,7H2. The molecule has 134 valence electrons. The van der Waals surface area contributed by atoms with Gasteiger partial charge in [-0.05, 0) is 30.3 Å². The molecule has 2 rings (SSSR count). The van der Waals surface area contributed by atoms with Crippen molar-refractivity contribution in [3.8, 4) is 0 Å². The number of hydrogen-bond acceptors (Lipinski definition) is 3. The zero-order chi connectivity index (χ0) is 18.8. The summed E-state index contributed by atoms with van der Waals surface area (Å²) in [5, 5.41) is 0. The van der Waals surface area contributed by atoms with Gasteiger partial charge in [0, 0.05) is 6.20 Å². The molecule has 0 unspecified atom stereocenters. The van der Waals surface area contributed by atoms with Gasteiger partial charge in [-0.2, -0.15) is 26.3 Å². The molecule has 0 fully saturated rings. The monoisotopic (exact) mass is 365 g/mol. The van der Waals surface area contributed by atoms with Crippen LogP contribution >= 0.6 is 0 Å². The summed E-state index contributed by atoms with van der Waals surface area (Å²) in [4.78, 5) is 25.9. The molecule has 0 amide bonds. The number of carbonyl (C=O) groups excluding carboxylic acids is 2. The first kappa shape index (κ1) is 18.6. The summed E-state index contributed by atoms with van der Waals surface area (Å²) < 4.78 is 80.8. The van der Waals surface area contributed by atoms with E-state index in [-0.39, 0.29) is 23.9 Å². The van der Waals surface area contributed by atoms with Gasteiger partial charge in [0.05, 0.1) is 22.4 Å². The van der Waals surface area contributed by atoms with Gasteiger partial charge in [0.2, 0.25) is 5.78 Å². The van der Waals surface area contributed by atoms with Crippen molar-refractivity contribution >= 4 is 11.8 Å². The van der Waals surface area contributed by atoms with Crippen LogP contribution in [-0.2, 0) is 17.1 Å². The predicted octanol–water partition coefficient (Wildman–Crippen LogP) is 4.09. The van der Waals surface area contributed by atoms with Crippen molar-refractivity contribution < 1.29 is 40.7 Å². The number of hydrogen-bond donors (Lipinski definition) is 1. The topological polar surface area (TPSA) is 59.2 Å². The highest BCUT2D eigenvalue weighted by Gasteiger charge is 2.37. The van der Waals surface area contributed by atoms with Gasteiger partial charge in [-0.3, -0.25) is 4.79 Å². The number of benzene rings is 1. The summed E-state index contributed by atoms with van der Waals surface area (Å²) in [6.07, 6.45) is -8.76. The van der Waals surface area contributed by atoms with Crippen molar-refractivity contribution in [2.24, 2.45) is 0 Å². The lowest BCUT2D eigenvalue weighted by molar-refractivity contribution is -0.143. The lowest BCUT2D eigenvalue weighted by atomic mass is 10.0. The minimum absolute atomic E-state index is 0.0767. The highest BCUT2D eigenvalue weighted by molar-refractivity contribution is 5.98. The molecular formula is C15H9F6NO3. The highest BCUT2D eigenvalue weighted by Crippen LogP contribution is 2.36. The molecule has 0 aliphatic heterocycles. The summed E-state index contributed by atoms with van der Waals surface area (Å²) >= 11 is 0. The molecule has 0 spiro atoms. The smallest absolute Gasteiger partial charge is 0.416 e. The van der Waals surface area contributed by atoms with E-state index in [1.807, 2.05) is 0 Å². The van der Waals surface area contributed by atoms with Crippen molar-refractivity contribution in [3.63, 3.8) is 0 Å². The molecule has 25 heavy (non-hydrogen) atoms. The van der Waals surface area contributed by atoms with Crippen LogP contribution in [0.1, 0.15) is 32.0 Å². The molecule has 4 nitrogen and oxygen atoms in total. The Hall–Kier alpha value is -2.78. The largest absolute Gasteiger partial charge is 0.454 e. The average molecular weight is 365 g/mol. The molecule has 0 saturated carbocycles. The van der Waals surface area contributed by atoms with E-state index in [2.05, 4.69) is 9.72 Å². The minimum atomic E-state index is -5.09. The van der Waals surface area contributed by atoms with Crippen molar-refractivity contribution in [1.82, 2.24) is 4.98 Å². The van der Waals surface area contributed by atoms with E-state index in [9.17, 15) is 35.9 Å². The second-order valence-electron chi connectivity index (χ2n) is 4.88. The summed E-state index contributed by atoms with van der Waals surface area (Å²) in [7, 11) is 0. The first-order valence-corrected chi connectivity index (χ1v) is 6.61. The molecule has 1 heterocycles. The van der Waals surface area contributed by atoms with Crippen LogP contribution in [0.25, 0.3) is 0 Å². The Kier molecular flexibility index (Phi) is 4.91. The van der Waals surface area contributed by atoms with E-state index in [0.717, 1.165) is 0 Å². The normalized spacial score (nSPS) is 12.1. The Bertz CT molecular complexity index is 745. The maximum atomic E-state index is 12.7. The molecule has 2 aromatic rings. The molecule has 0 aliphatic carbocycles. The Labute approximate surface area is 136 Å². The maximum Gasteiger partial charge on any atom is 0.416 e. The fraction of sp³-hybridized carbons (Fsp3) is 0.200. The van der Waals surface area contributed by atoms with Crippen LogP contribution in [0.3, 0.4) is 0 Å². The summed E-state index contributed by atoms with van der Waals surface area (Å²) in [6, 6.07) is 3.20. The van der Waals surface area contributed by atoms with E-state index >= 15 is 0 Å². The fourth-order valence-corrected chi connectivity index (χ4v) is 1.87. The van der Waals surface area contributed by atoms with Gasteiger partial charge in [0.15, 0.2) is 6.61 Å². The minimum Gasteiger partial charge on any atom is -0.454 e. The van der Waals surface area contributed by atoms with Crippen LogP contribution in [0.2, 0.25) is 0 Å². The van der Waals surface area contributed by atoms with E-state index in [0.29, 0.717) is 0 Å². The SMILES string of the molecule is O=C(OCC(=O)c1ccc[nH]1)c1cc(C(F)(F)F)cc(C(F)(F)F)c1. The molecule has 1 aromatic heterocycles. The van der Waals surface area contributed by atoms with Crippen LogP contribution < -0.4 is 0 Å². The van der Waals surface area contributed by atoms with Crippen LogP contribution in [0.4, 0.5) is 26.3 Å². The number of H-pyrrole nitrogens is 1. The molecule has 0 aliphatic rings. The lowest BCUT2D eigenvalue weighted by Gasteiger charge is -2.13. The molecule has 0 radical (unpaired) electrons. The molecule has 10 heteroatoms. The number of Topliss-reactive ketones (excluding diaryl/α,β-unsaturated/α-hetero) is 1.